The molecular weight excluding hydrogens is 262 g/mol. The summed E-state index contributed by atoms with van der Waals surface area (Å²) in [5, 5.41) is 0. The summed E-state index contributed by atoms with van der Waals surface area (Å²) >= 11 is 7.37. The maximum Gasteiger partial charge on any atom is 0.148 e. The number of hydrogen-bond donors (Lipinski definition) is 1. The Balaban J connectivity index is 2.95. The van der Waals surface area contributed by atoms with E-state index in [2.05, 4.69) is 33.5 Å². The number of aryl methyl sites for hydroxylation is 2. The van der Waals surface area contributed by atoms with Gasteiger partial charge in [-0.3, -0.25) is 9.78 Å². The fourth-order valence-electron chi connectivity index (χ4n) is 1.24. The highest BCUT2D eigenvalue weighted by atomic mass is 79.9. The van der Waals surface area contributed by atoms with Crippen molar-refractivity contribution in [3.05, 3.63) is 27.5 Å². The number of Topliss-reactive ketones (excluding diaryl/α,β-unsaturated/α-hetero) is 1. The lowest BCUT2D eigenvalue weighted by atomic mass is 10.1. The first-order valence-corrected chi connectivity index (χ1v) is 5.72. The average Bonchev–Trinajstić information content (AvgIpc) is 2.14. The van der Waals surface area contributed by atoms with Crippen LogP contribution in [0.3, 0.4) is 0 Å². The Morgan fingerprint density at radius 1 is 1.57 bits per heavy atom. The van der Waals surface area contributed by atoms with Gasteiger partial charge in [-0.15, -0.1) is 0 Å². The molecule has 0 atom stereocenters. The molecule has 0 aromatic carbocycles. The molecule has 2 nitrogen and oxygen atoms in total. The summed E-state index contributed by atoms with van der Waals surface area (Å²) in [6.07, 6.45) is 0.373. The SMILES string of the molecule is Cc1cc(CC(=O)CS)nc(C)c1Br. The summed E-state index contributed by atoms with van der Waals surface area (Å²) < 4.78 is 1.01. The molecule has 0 fully saturated rings. The van der Waals surface area contributed by atoms with E-state index < -0.39 is 0 Å². The van der Waals surface area contributed by atoms with E-state index in [0.29, 0.717) is 6.42 Å². The molecule has 0 unspecified atom stereocenters. The highest BCUT2D eigenvalue weighted by molar-refractivity contribution is 9.10. The number of ketones is 1. The number of rotatable bonds is 3. The number of thiol groups is 1. The Morgan fingerprint density at radius 3 is 2.71 bits per heavy atom. The molecule has 0 spiro atoms. The predicted octanol–water partition coefficient (Wildman–Crippen LogP) is 2.50. The van der Waals surface area contributed by atoms with Crippen LogP contribution in [0.2, 0.25) is 0 Å². The molecule has 1 aromatic heterocycles. The van der Waals surface area contributed by atoms with E-state index >= 15 is 0 Å². The molecule has 14 heavy (non-hydrogen) atoms. The summed E-state index contributed by atoms with van der Waals surface area (Å²) in [5.74, 6) is 0.373. The molecule has 0 amide bonds. The molecule has 4 heteroatoms. The quantitative estimate of drug-likeness (QED) is 0.858. The summed E-state index contributed by atoms with van der Waals surface area (Å²) in [4.78, 5) is 15.5. The van der Waals surface area contributed by atoms with Crippen molar-refractivity contribution in [2.75, 3.05) is 5.75 Å². The van der Waals surface area contributed by atoms with E-state index in [9.17, 15) is 4.79 Å². The molecule has 0 radical (unpaired) electrons. The zero-order chi connectivity index (χ0) is 10.7. The van der Waals surface area contributed by atoms with Gasteiger partial charge in [0.2, 0.25) is 0 Å². The monoisotopic (exact) mass is 273 g/mol. The van der Waals surface area contributed by atoms with Crippen molar-refractivity contribution in [1.82, 2.24) is 4.98 Å². The smallest absolute Gasteiger partial charge is 0.148 e. The number of nitrogens with zero attached hydrogens (tertiary/aromatic N) is 1. The first-order chi connectivity index (χ1) is 6.54. The predicted molar refractivity (Wildman–Crippen MR) is 64.0 cm³/mol. The summed E-state index contributed by atoms with van der Waals surface area (Å²) in [6, 6.07) is 1.93. The van der Waals surface area contributed by atoms with Crippen molar-refractivity contribution in [1.29, 1.82) is 0 Å². The molecule has 76 valence electrons. The minimum Gasteiger partial charge on any atom is -0.298 e. The van der Waals surface area contributed by atoms with Crippen LogP contribution in [-0.4, -0.2) is 16.5 Å². The Kier molecular flexibility index (Phi) is 4.13. The van der Waals surface area contributed by atoms with Crippen LogP contribution in [0.15, 0.2) is 10.5 Å². The second kappa shape index (κ2) is 4.94. The zero-order valence-electron chi connectivity index (χ0n) is 8.17. The summed E-state index contributed by atoms with van der Waals surface area (Å²) in [5.41, 5.74) is 2.86. The van der Waals surface area contributed by atoms with Crippen LogP contribution in [0.4, 0.5) is 0 Å². The molecule has 0 aliphatic rings. The van der Waals surface area contributed by atoms with E-state index in [4.69, 9.17) is 0 Å². The third-order valence-electron chi connectivity index (χ3n) is 1.91. The van der Waals surface area contributed by atoms with Gasteiger partial charge >= 0.3 is 0 Å². The van der Waals surface area contributed by atoms with Crippen LogP contribution in [0.5, 0.6) is 0 Å². The molecule has 0 aliphatic heterocycles. The first-order valence-electron chi connectivity index (χ1n) is 4.29. The lowest BCUT2D eigenvalue weighted by Gasteiger charge is -2.05. The van der Waals surface area contributed by atoms with Crippen LogP contribution in [0.1, 0.15) is 17.0 Å². The van der Waals surface area contributed by atoms with E-state index in [0.717, 1.165) is 21.4 Å². The molecule has 1 heterocycles. The second-order valence-electron chi connectivity index (χ2n) is 3.20. The van der Waals surface area contributed by atoms with Gasteiger partial charge in [0.1, 0.15) is 5.78 Å². The van der Waals surface area contributed by atoms with Gasteiger partial charge in [-0.1, -0.05) is 0 Å². The third-order valence-corrected chi connectivity index (χ3v) is 3.46. The van der Waals surface area contributed by atoms with Crippen LogP contribution < -0.4 is 0 Å². The van der Waals surface area contributed by atoms with Crippen molar-refractivity contribution in [3.63, 3.8) is 0 Å². The minimum absolute atomic E-state index is 0.0990. The van der Waals surface area contributed by atoms with Gasteiger partial charge in [0, 0.05) is 22.3 Å². The van der Waals surface area contributed by atoms with Crippen molar-refractivity contribution >= 4 is 34.3 Å². The van der Waals surface area contributed by atoms with Crippen LogP contribution in [0, 0.1) is 13.8 Å². The van der Waals surface area contributed by atoms with Crippen LogP contribution >= 0.6 is 28.6 Å². The zero-order valence-corrected chi connectivity index (χ0v) is 10.7. The van der Waals surface area contributed by atoms with Gasteiger partial charge in [0.25, 0.3) is 0 Å². The fraction of sp³-hybridized carbons (Fsp3) is 0.400. The van der Waals surface area contributed by atoms with Crippen LogP contribution in [-0.2, 0) is 11.2 Å². The molecule has 0 saturated carbocycles. The van der Waals surface area contributed by atoms with E-state index in [1.54, 1.807) is 0 Å². The standard InChI is InChI=1S/C10H12BrNOS/c1-6-3-8(4-9(13)5-14)12-7(2)10(6)11/h3,14H,4-5H2,1-2H3. The Labute approximate surface area is 97.7 Å². The maximum atomic E-state index is 11.2. The molecule has 0 bridgehead atoms. The number of halogens is 1. The van der Waals surface area contributed by atoms with Crippen molar-refractivity contribution in [2.45, 2.75) is 20.3 Å². The van der Waals surface area contributed by atoms with Crippen molar-refractivity contribution in [3.8, 4) is 0 Å². The molecular formula is C10H12BrNOS. The van der Waals surface area contributed by atoms with Crippen molar-refractivity contribution in [2.24, 2.45) is 0 Å². The maximum absolute atomic E-state index is 11.2. The number of aromatic nitrogens is 1. The van der Waals surface area contributed by atoms with Gasteiger partial charge in [-0.2, -0.15) is 12.6 Å². The Bertz CT molecular complexity index is 342. The largest absolute Gasteiger partial charge is 0.298 e. The molecule has 1 aromatic rings. The van der Waals surface area contributed by atoms with E-state index in [1.807, 2.05) is 19.9 Å². The number of hydrogen-bond acceptors (Lipinski definition) is 3. The number of pyridine rings is 1. The van der Waals surface area contributed by atoms with Gasteiger partial charge in [0.05, 0.1) is 5.69 Å². The fourth-order valence-corrected chi connectivity index (χ4v) is 1.56. The highest BCUT2D eigenvalue weighted by Crippen LogP contribution is 2.20. The lowest BCUT2D eigenvalue weighted by molar-refractivity contribution is -0.116. The lowest BCUT2D eigenvalue weighted by Crippen LogP contribution is -2.06. The Hall–Kier alpha value is -0.350. The molecule has 0 aliphatic carbocycles. The summed E-state index contributed by atoms with van der Waals surface area (Å²) in [7, 11) is 0. The van der Waals surface area contributed by atoms with E-state index in [1.165, 1.54) is 0 Å². The first kappa shape index (κ1) is 11.7. The highest BCUT2D eigenvalue weighted by Gasteiger charge is 2.07. The van der Waals surface area contributed by atoms with Crippen LogP contribution in [0.25, 0.3) is 0 Å². The normalized spacial score (nSPS) is 10.3. The number of carbonyl (C=O) groups is 1. The molecule has 1 rings (SSSR count). The van der Waals surface area contributed by atoms with Crippen molar-refractivity contribution < 1.29 is 4.79 Å². The topological polar surface area (TPSA) is 30.0 Å². The van der Waals surface area contributed by atoms with Gasteiger partial charge in [-0.25, -0.2) is 0 Å². The van der Waals surface area contributed by atoms with E-state index in [-0.39, 0.29) is 11.5 Å². The summed E-state index contributed by atoms with van der Waals surface area (Å²) in [6.45, 7) is 3.92. The van der Waals surface area contributed by atoms with Gasteiger partial charge in [-0.05, 0) is 41.4 Å². The average molecular weight is 274 g/mol. The number of carbonyl (C=O) groups excluding carboxylic acids is 1. The van der Waals surface area contributed by atoms with Gasteiger partial charge < -0.3 is 0 Å². The second-order valence-corrected chi connectivity index (χ2v) is 4.31. The molecule has 0 saturated heterocycles. The Morgan fingerprint density at radius 2 is 2.21 bits per heavy atom. The van der Waals surface area contributed by atoms with Gasteiger partial charge in [0.15, 0.2) is 0 Å². The molecule has 0 N–H and O–H groups in total. The minimum atomic E-state index is 0.0990. The third kappa shape index (κ3) is 2.82.